The summed E-state index contributed by atoms with van der Waals surface area (Å²) in [6, 6.07) is 6.81. The molecule has 1 aliphatic heterocycles. The molecule has 0 aliphatic carbocycles. The second-order valence-electron chi connectivity index (χ2n) is 7.35. The fourth-order valence-electron chi connectivity index (χ4n) is 2.99. The van der Waals surface area contributed by atoms with Gasteiger partial charge < -0.3 is 10.6 Å². The maximum Gasteiger partial charge on any atom is 0.322 e. The van der Waals surface area contributed by atoms with Crippen LogP contribution in [-0.4, -0.2) is 23.9 Å². The van der Waals surface area contributed by atoms with E-state index in [1.54, 1.807) is 0 Å². The third kappa shape index (κ3) is 5.31. The maximum atomic E-state index is 12.3. The van der Waals surface area contributed by atoms with Crippen molar-refractivity contribution in [1.29, 1.82) is 0 Å². The lowest BCUT2D eigenvalue weighted by atomic mass is 9.93. The number of carbonyl (C=O) groups is 3. The fraction of sp³-hybridized carbons (Fsp3) is 0.526. The summed E-state index contributed by atoms with van der Waals surface area (Å²) < 4.78 is 0. The van der Waals surface area contributed by atoms with Crippen LogP contribution in [0.5, 0.6) is 0 Å². The summed E-state index contributed by atoms with van der Waals surface area (Å²) in [5, 5.41) is 7.56. The summed E-state index contributed by atoms with van der Waals surface area (Å²) in [6.07, 6.45) is 0.960. The molecule has 1 heterocycles. The first-order valence-electron chi connectivity index (χ1n) is 8.75. The number of urea groups is 1. The lowest BCUT2D eigenvalue weighted by molar-refractivity contribution is -0.127. The van der Waals surface area contributed by atoms with Gasteiger partial charge in [-0.1, -0.05) is 52.0 Å². The number of benzene rings is 1. The van der Waals surface area contributed by atoms with E-state index in [9.17, 15) is 14.4 Å². The average molecular weight is 345 g/mol. The molecule has 1 aromatic carbocycles. The van der Waals surface area contributed by atoms with Gasteiger partial charge in [0, 0.05) is 0 Å². The second kappa shape index (κ2) is 8.14. The van der Waals surface area contributed by atoms with Gasteiger partial charge in [-0.25, -0.2) is 4.79 Å². The fourth-order valence-corrected chi connectivity index (χ4v) is 2.99. The van der Waals surface area contributed by atoms with Gasteiger partial charge in [0.25, 0.3) is 5.91 Å². The zero-order chi connectivity index (χ0) is 18.6. The number of nitrogens with one attached hydrogen (secondary N) is 3. The van der Waals surface area contributed by atoms with E-state index in [4.69, 9.17) is 0 Å². The van der Waals surface area contributed by atoms with E-state index >= 15 is 0 Å². The standard InChI is InChI=1S/C19H27N3O3/c1-11(2)9-13-5-7-14(8-6-13)17(12(3)4)21-16(23)10-15-18(24)22-19(25)20-15/h5-8,11-12,15,17H,9-10H2,1-4H3,(H,21,23)(H2,20,22,24,25)/t15-,17+/m0/s1. The summed E-state index contributed by atoms with van der Waals surface area (Å²) in [6.45, 7) is 8.44. The van der Waals surface area contributed by atoms with Gasteiger partial charge in [0.2, 0.25) is 5.91 Å². The van der Waals surface area contributed by atoms with Gasteiger partial charge in [-0.3, -0.25) is 14.9 Å². The summed E-state index contributed by atoms with van der Waals surface area (Å²) in [4.78, 5) is 35.0. The molecule has 0 saturated carbocycles. The summed E-state index contributed by atoms with van der Waals surface area (Å²) in [7, 11) is 0. The van der Waals surface area contributed by atoms with Crippen LogP contribution in [0.25, 0.3) is 0 Å². The Kier molecular flexibility index (Phi) is 6.17. The molecule has 0 aromatic heterocycles. The predicted octanol–water partition coefficient (Wildman–Crippen LogP) is 2.30. The molecule has 0 radical (unpaired) electrons. The van der Waals surface area contributed by atoms with Gasteiger partial charge in [-0.15, -0.1) is 0 Å². The number of hydrogen-bond donors (Lipinski definition) is 3. The molecular formula is C19H27N3O3. The highest BCUT2D eigenvalue weighted by Gasteiger charge is 2.32. The molecule has 6 nitrogen and oxygen atoms in total. The third-order valence-corrected chi connectivity index (χ3v) is 4.21. The van der Waals surface area contributed by atoms with Crippen molar-refractivity contribution in [2.24, 2.45) is 11.8 Å². The Morgan fingerprint density at radius 3 is 2.24 bits per heavy atom. The topological polar surface area (TPSA) is 87.3 Å². The van der Waals surface area contributed by atoms with Gasteiger partial charge in [-0.2, -0.15) is 0 Å². The van der Waals surface area contributed by atoms with Crippen molar-refractivity contribution in [3.05, 3.63) is 35.4 Å². The van der Waals surface area contributed by atoms with Crippen molar-refractivity contribution < 1.29 is 14.4 Å². The van der Waals surface area contributed by atoms with E-state index in [-0.39, 0.29) is 24.3 Å². The zero-order valence-electron chi connectivity index (χ0n) is 15.3. The lowest BCUT2D eigenvalue weighted by Crippen LogP contribution is -2.38. The van der Waals surface area contributed by atoms with Crippen molar-refractivity contribution in [2.45, 2.75) is 52.6 Å². The van der Waals surface area contributed by atoms with Crippen molar-refractivity contribution in [1.82, 2.24) is 16.0 Å². The van der Waals surface area contributed by atoms with Crippen LogP contribution in [0, 0.1) is 11.8 Å². The van der Waals surface area contributed by atoms with Crippen LogP contribution in [0.1, 0.15) is 51.3 Å². The van der Waals surface area contributed by atoms with E-state index in [2.05, 4.69) is 41.9 Å². The van der Waals surface area contributed by atoms with Crippen LogP contribution >= 0.6 is 0 Å². The Labute approximate surface area is 148 Å². The minimum atomic E-state index is -0.797. The Hall–Kier alpha value is -2.37. The molecule has 25 heavy (non-hydrogen) atoms. The van der Waals surface area contributed by atoms with Crippen LogP contribution in [0.3, 0.4) is 0 Å². The molecule has 4 amide bonds. The Bertz CT molecular complexity index is 638. The van der Waals surface area contributed by atoms with Gasteiger partial charge in [0.1, 0.15) is 6.04 Å². The molecular weight excluding hydrogens is 318 g/mol. The minimum Gasteiger partial charge on any atom is -0.349 e. The molecule has 2 atom stereocenters. The van der Waals surface area contributed by atoms with Crippen molar-refractivity contribution >= 4 is 17.8 Å². The third-order valence-electron chi connectivity index (χ3n) is 4.21. The molecule has 0 bridgehead atoms. The average Bonchev–Trinajstić information content (AvgIpc) is 2.82. The number of hydrogen-bond acceptors (Lipinski definition) is 3. The first-order chi connectivity index (χ1) is 11.8. The van der Waals surface area contributed by atoms with Crippen LogP contribution in [-0.2, 0) is 16.0 Å². The van der Waals surface area contributed by atoms with Gasteiger partial charge in [0.05, 0.1) is 12.5 Å². The number of rotatable bonds is 7. The van der Waals surface area contributed by atoms with E-state index in [0.29, 0.717) is 5.92 Å². The number of imide groups is 1. The molecule has 1 fully saturated rings. The number of carbonyl (C=O) groups excluding carboxylic acids is 3. The van der Waals surface area contributed by atoms with E-state index in [0.717, 1.165) is 12.0 Å². The Morgan fingerprint density at radius 1 is 1.12 bits per heavy atom. The van der Waals surface area contributed by atoms with E-state index in [1.165, 1.54) is 5.56 Å². The molecule has 6 heteroatoms. The van der Waals surface area contributed by atoms with Crippen molar-refractivity contribution in [2.75, 3.05) is 0 Å². The van der Waals surface area contributed by atoms with Crippen LogP contribution < -0.4 is 16.0 Å². The molecule has 136 valence electrons. The number of amides is 4. The molecule has 1 aromatic rings. The smallest absolute Gasteiger partial charge is 0.322 e. The first-order valence-corrected chi connectivity index (χ1v) is 8.75. The lowest BCUT2D eigenvalue weighted by Gasteiger charge is -2.24. The molecule has 0 unspecified atom stereocenters. The minimum absolute atomic E-state index is 0.0633. The van der Waals surface area contributed by atoms with Crippen molar-refractivity contribution in [3.63, 3.8) is 0 Å². The highest BCUT2D eigenvalue weighted by Crippen LogP contribution is 2.23. The Morgan fingerprint density at radius 2 is 1.76 bits per heavy atom. The summed E-state index contributed by atoms with van der Waals surface area (Å²) in [5.74, 6) is 0.0812. The Balaban J connectivity index is 2.01. The predicted molar refractivity (Wildman–Crippen MR) is 95.8 cm³/mol. The van der Waals surface area contributed by atoms with E-state index < -0.39 is 18.0 Å². The summed E-state index contributed by atoms with van der Waals surface area (Å²) >= 11 is 0. The molecule has 0 spiro atoms. The zero-order valence-corrected chi connectivity index (χ0v) is 15.3. The highest BCUT2D eigenvalue weighted by atomic mass is 16.2. The maximum absolute atomic E-state index is 12.3. The second-order valence-corrected chi connectivity index (χ2v) is 7.35. The van der Waals surface area contributed by atoms with Crippen LogP contribution in [0.2, 0.25) is 0 Å². The van der Waals surface area contributed by atoms with Crippen LogP contribution in [0.4, 0.5) is 4.79 Å². The van der Waals surface area contributed by atoms with Crippen LogP contribution in [0.15, 0.2) is 24.3 Å². The molecule has 1 saturated heterocycles. The summed E-state index contributed by atoms with van der Waals surface area (Å²) in [5.41, 5.74) is 2.31. The molecule has 3 N–H and O–H groups in total. The highest BCUT2D eigenvalue weighted by molar-refractivity contribution is 6.05. The quantitative estimate of drug-likeness (QED) is 0.663. The van der Waals surface area contributed by atoms with Gasteiger partial charge in [-0.05, 0) is 29.4 Å². The van der Waals surface area contributed by atoms with Gasteiger partial charge in [0.15, 0.2) is 0 Å². The first kappa shape index (κ1) is 19.0. The molecule has 2 rings (SSSR count). The van der Waals surface area contributed by atoms with Gasteiger partial charge >= 0.3 is 6.03 Å². The van der Waals surface area contributed by atoms with E-state index in [1.807, 2.05) is 26.0 Å². The molecule has 1 aliphatic rings. The monoisotopic (exact) mass is 345 g/mol. The van der Waals surface area contributed by atoms with Crippen molar-refractivity contribution in [3.8, 4) is 0 Å². The largest absolute Gasteiger partial charge is 0.349 e. The normalized spacial score (nSPS) is 18.2. The SMILES string of the molecule is CC(C)Cc1ccc([C@H](NC(=O)C[C@@H]2NC(=O)NC2=O)C(C)C)cc1.